The fourth-order valence-corrected chi connectivity index (χ4v) is 4.64. The lowest BCUT2D eigenvalue weighted by Gasteiger charge is -2.46. The third-order valence-electron chi connectivity index (χ3n) is 6.98. The summed E-state index contributed by atoms with van der Waals surface area (Å²) >= 11 is 0. The molecule has 1 saturated heterocycles. The Labute approximate surface area is 180 Å². The Morgan fingerprint density at radius 3 is 2.63 bits per heavy atom. The minimum Gasteiger partial charge on any atom is -0.361 e. The van der Waals surface area contributed by atoms with E-state index < -0.39 is 0 Å². The van der Waals surface area contributed by atoms with E-state index in [0.29, 0.717) is 12.0 Å². The fraction of sp³-hybridized carbons (Fsp3) is 0.625. The molecule has 1 aliphatic rings. The molecule has 0 unspecified atom stereocenters. The monoisotopic (exact) mass is 416 g/mol. The number of aromatic amines is 1. The minimum absolute atomic E-state index is 0.0998. The summed E-state index contributed by atoms with van der Waals surface area (Å²) in [7, 11) is 6.32. The smallest absolute Gasteiger partial charge is 0.226 e. The maximum Gasteiger partial charge on any atom is 0.226 e. The first-order valence-corrected chi connectivity index (χ1v) is 11.2. The molecule has 2 heterocycles. The van der Waals surface area contributed by atoms with Gasteiger partial charge in [0.25, 0.3) is 0 Å². The van der Waals surface area contributed by atoms with E-state index >= 15 is 0 Å². The molecule has 0 atom stereocenters. The third-order valence-corrected chi connectivity index (χ3v) is 6.98. The molecule has 2 aromatic rings. The van der Waals surface area contributed by atoms with Gasteiger partial charge in [-0.3, -0.25) is 4.79 Å². The highest BCUT2D eigenvalue weighted by Gasteiger charge is 2.35. The number of carbonyl (C=O) groups is 1. The Morgan fingerprint density at radius 1 is 1.23 bits per heavy atom. The number of hydrogen-bond donors (Lipinski definition) is 1. The highest BCUT2D eigenvalue weighted by Crippen LogP contribution is 2.32. The van der Waals surface area contributed by atoms with Crippen molar-refractivity contribution in [2.24, 2.45) is 0 Å². The van der Waals surface area contributed by atoms with E-state index in [2.05, 4.69) is 35.8 Å². The van der Waals surface area contributed by atoms with Crippen molar-refractivity contribution in [2.75, 3.05) is 47.3 Å². The number of fused-ring (bicyclic) bond motifs is 1. The van der Waals surface area contributed by atoms with Gasteiger partial charge in [-0.2, -0.15) is 0 Å². The van der Waals surface area contributed by atoms with Gasteiger partial charge in [-0.15, -0.1) is 0 Å². The Morgan fingerprint density at radius 2 is 1.97 bits per heavy atom. The number of H-pyrrole nitrogens is 1. The molecule has 1 aromatic carbocycles. The molecule has 1 aromatic heterocycles. The maximum atomic E-state index is 13.4. The van der Waals surface area contributed by atoms with Crippen LogP contribution in [0.2, 0.25) is 0 Å². The van der Waals surface area contributed by atoms with Crippen LogP contribution < -0.4 is 0 Å². The first kappa shape index (κ1) is 22.8. The Balaban J connectivity index is 1.48. The van der Waals surface area contributed by atoms with Crippen LogP contribution in [0.15, 0.2) is 24.4 Å². The molecule has 166 valence electrons. The van der Waals surface area contributed by atoms with Gasteiger partial charge in [0.1, 0.15) is 5.82 Å². The predicted octanol–water partition coefficient (Wildman–Crippen LogP) is 3.89. The van der Waals surface area contributed by atoms with Gasteiger partial charge in [0.2, 0.25) is 5.91 Å². The van der Waals surface area contributed by atoms with Crippen molar-refractivity contribution in [3.63, 3.8) is 0 Å². The number of hydrogen-bond acceptors (Lipinski definition) is 3. The molecule has 6 heteroatoms. The van der Waals surface area contributed by atoms with Gasteiger partial charge >= 0.3 is 0 Å². The van der Waals surface area contributed by atoms with Crippen molar-refractivity contribution in [3.05, 3.63) is 35.8 Å². The first-order valence-electron chi connectivity index (χ1n) is 11.2. The Hall–Kier alpha value is -1.92. The van der Waals surface area contributed by atoms with E-state index in [9.17, 15) is 9.18 Å². The van der Waals surface area contributed by atoms with Crippen molar-refractivity contribution in [2.45, 2.75) is 51.0 Å². The number of likely N-dealkylation sites (tertiary alicyclic amines) is 1. The zero-order valence-electron chi connectivity index (χ0n) is 19.0. The molecule has 5 nitrogen and oxygen atoms in total. The van der Waals surface area contributed by atoms with E-state index in [1.807, 2.05) is 18.1 Å². The number of nitrogens with one attached hydrogen (secondary N) is 1. The summed E-state index contributed by atoms with van der Waals surface area (Å²) in [5.41, 5.74) is 2.00. The van der Waals surface area contributed by atoms with Crippen LogP contribution in [0.1, 0.15) is 44.6 Å². The molecule has 0 spiro atoms. The number of amides is 1. The lowest BCUT2D eigenvalue weighted by atomic mass is 9.82. The summed E-state index contributed by atoms with van der Waals surface area (Å²) in [6.07, 6.45) is 8.36. The molecule has 30 heavy (non-hydrogen) atoms. The number of piperidine rings is 1. The van der Waals surface area contributed by atoms with Crippen LogP contribution in [0, 0.1) is 5.82 Å². The summed E-state index contributed by atoms with van der Waals surface area (Å²) in [5.74, 6) is -0.170. The number of aromatic nitrogens is 1. The molecule has 3 rings (SSSR count). The minimum atomic E-state index is -0.270. The molecule has 1 fully saturated rings. The van der Waals surface area contributed by atoms with Gasteiger partial charge in [0.05, 0.1) is 6.42 Å². The zero-order valence-corrected chi connectivity index (χ0v) is 19.0. The van der Waals surface area contributed by atoms with Crippen LogP contribution >= 0.6 is 0 Å². The fourth-order valence-electron chi connectivity index (χ4n) is 4.64. The van der Waals surface area contributed by atoms with Gasteiger partial charge in [-0.1, -0.05) is 19.8 Å². The van der Waals surface area contributed by atoms with Crippen molar-refractivity contribution in [1.82, 2.24) is 19.7 Å². The molecule has 1 amide bonds. The van der Waals surface area contributed by atoms with Crippen molar-refractivity contribution >= 4 is 16.8 Å². The molecular formula is C24H37FN4O. The zero-order chi connectivity index (χ0) is 21.7. The topological polar surface area (TPSA) is 42.6 Å². The predicted molar refractivity (Wildman–Crippen MR) is 121 cm³/mol. The molecular weight excluding hydrogens is 379 g/mol. The molecule has 1 aliphatic heterocycles. The highest BCUT2D eigenvalue weighted by atomic mass is 19.1. The number of nitrogens with zero attached hydrogens (tertiary/aromatic N) is 3. The normalized spacial score (nSPS) is 17.0. The van der Waals surface area contributed by atoms with E-state index in [1.165, 1.54) is 44.2 Å². The van der Waals surface area contributed by atoms with Crippen molar-refractivity contribution in [1.29, 1.82) is 0 Å². The lowest BCUT2D eigenvalue weighted by Crippen LogP contribution is -2.53. The first-order chi connectivity index (χ1) is 14.3. The molecule has 0 saturated carbocycles. The second kappa shape index (κ2) is 9.92. The number of rotatable bonds is 9. The second-order valence-corrected chi connectivity index (χ2v) is 9.06. The molecule has 1 N–H and O–H groups in total. The summed E-state index contributed by atoms with van der Waals surface area (Å²) in [6, 6.07) is 4.66. The largest absolute Gasteiger partial charge is 0.361 e. The van der Waals surface area contributed by atoms with E-state index in [4.69, 9.17) is 0 Å². The second-order valence-electron chi connectivity index (χ2n) is 9.06. The average molecular weight is 417 g/mol. The number of likely N-dealkylation sites (N-methyl/N-ethyl adjacent to an activating group) is 1. The molecule has 0 aliphatic carbocycles. The highest BCUT2D eigenvalue weighted by molar-refractivity contribution is 5.88. The van der Waals surface area contributed by atoms with Gasteiger partial charge in [-0.25, -0.2) is 4.39 Å². The van der Waals surface area contributed by atoms with Gasteiger partial charge in [0.15, 0.2) is 0 Å². The van der Waals surface area contributed by atoms with Gasteiger partial charge in [-0.05, 0) is 70.2 Å². The van der Waals surface area contributed by atoms with Crippen molar-refractivity contribution in [3.8, 4) is 0 Å². The standard InChI is InChI=1S/C24H37FN4O/c1-5-6-9-24(27(2)3)10-12-29(13-11-24)15-14-28(4)23(30)16-19-18-26-22-17-20(25)7-8-21(19)22/h7-8,17-18,26H,5-6,9-16H2,1-4H3. The van der Waals surface area contributed by atoms with Crippen LogP contribution in [0.3, 0.4) is 0 Å². The Kier molecular flexibility index (Phi) is 7.53. The number of carbonyl (C=O) groups excluding carboxylic acids is 1. The SMILES string of the molecule is CCCCC1(N(C)C)CCN(CCN(C)C(=O)Cc2c[nH]c3cc(F)ccc23)CC1. The third kappa shape index (κ3) is 5.22. The van der Waals surface area contributed by atoms with Crippen LogP contribution in [-0.4, -0.2) is 78.5 Å². The van der Waals surface area contributed by atoms with E-state index in [0.717, 1.165) is 42.6 Å². The molecule has 0 bridgehead atoms. The van der Waals surface area contributed by atoms with Crippen LogP contribution in [0.5, 0.6) is 0 Å². The number of halogens is 1. The quantitative estimate of drug-likeness (QED) is 0.674. The lowest BCUT2D eigenvalue weighted by molar-refractivity contribution is -0.129. The number of unbranched alkanes of at least 4 members (excludes halogenated alkanes) is 1. The van der Waals surface area contributed by atoms with Crippen molar-refractivity contribution < 1.29 is 9.18 Å². The van der Waals surface area contributed by atoms with E-state index in [-0.39, 0.29) is 11.7 Å². The Bertz CT molecular complexity index is 839. The maximum absolute atomic E-state index is 13.4. The van der Waals surface area contributed by atoms with Crippen LogP contribution in [-0.2, 0) is 11.2 Å². The summed E-state index contributed by atoms with van der Waals surface area (Å²) < 4.78 is 13.4. The summed E-state index contributed by atoms with van der Waals surface area (Å²) in [5, 5.41) is 0.918. The van der Waals surface area contributed by atoms with E-state index in [1.54, 1.807) is 6.07 Å². The molecule has 0 radical (unpaired) electrons. The summed E-state index contributed by atoms with van der Waals surface area (Å²) in [6.45, 7) is 6.11. The summed E-state index contributed by atoms with van der Waals surface area (Å²) in [4.78, 5) is 22.5. The number of benzene rings is 1. The van der Waals surface area contributed by atoms with Crippen LogP contribution in [0.25, 0.3) is 10.9 Å². The van der Waals surface area contributed by atoms with Gasteiger partial charge in [0, 0.05) is 42.8 Å². The average Bonchev–Trinajstić information content (AvgIpc) is 3.12. The van der Waals surface area contributed by atoms with Gasteiger partial charge < -0.3 is 19.7 Å². The van der Waals surface area contributed by atoms with Crippen LogP contribution in [0.4, 0.5) is 4.39 Å².